The average Bonchev–Trinajstić information content (AvgIpc) is 3.25. The third-order valence-electron chi connectivity index (χ3n) is 4.66. The molecule has 0 fully saturated rings. The number of nitrogens with one attached hydrogen (secondary N) is 2. The minimum atomic E-state index is -0.431. The molecule has 2 N–H and O–H groups in total. The van der Waals surface area contributed by atoms with Gasteiger partial charge < -0.3 is 15.2 Å². The van der Waals surface area contributed by atoms with Crippen molar-refractivity contribution in [2.24, 2.45) is 0 Å². The van der Waals surface area contributed by atoms with Gasteiger partial charge in [0.25, 0.3) is 5.91 Å². The Bertz CT molecular complexity index is 1290. The summed E-state index contributed by atoms with van der Waals surface area (Å²) in [7, 11) is 0. The number of hydrogen-bond donors (Lipinski definition) is 2. The number of aryl methyl sites for hydroxylation is 1. The predicted molar refractivity (Wildman–Crippen MR) is 123 cm³/mol. The highest BCUT2D eigenvalue weighted by Crippen LogP contribution is 2.25. The molecule has 0 aliphatic carbocycles. The number of carbonyl (C=O) groups excluding carboxylic acids is 1. The lowest BCUT2D eigenvalue weighted by Crippen LogP contribution is -2.22. The quantitative estimate of drug-likeness (QED) is 0.380. The molecule has 2 aromatic heterocycles. The second kappa shape index (κ2) is 9.38. The van der Waals surface area contributed by atoms with Crippen LogP contribution in [0.3, 0.4) is 0 Å². The molecule has 4 aromatic rings. The average molecular weight is 470 g/mol. The third kappa shape index (κ3) is 5.07. The maximum Gasteiger partial charge on any atom is 0.253 e. The summed E-state index contributed by atoms with van der Waals surface area (Å²) in [5, 5.41) is 6.70. The van der Waals surface area contributed by atoms with Crippen molar-refractivity contribution in [2.45, 2.75) is 13.5 Å². The molecule has 4 rings (SSSR count). The van der Waals surface area contributed by atoms with Gasteiger partial charge in [-0.25, -0.2) is 9.37 Å². The van der Waals surface area contributed by atoms with Gasteiger partial charge >= 0.3 is 0 Å². The normalized spacial score (nSPS) is 10.8. The van der Waals surface area contributed by atoms with Crippen LogP contribution in [0.15, 0.2) is 67.1 Å². The van der Waals surface area contributed by atoms with Crippen molar-refractivity contribution in [1.29, 1.82) is 0 Å². The van der Waals surface area contributed by atoms with Crippen LogP contribution in [-0.2, 0) is 6.54 Å². The number of aromatic nitrogens is 3. The number of benzene rings is 2. The van der Waals surface area contributed by atoms with E-state index in [0.29, 0.717) is 34.6 Å². The number of carbonyl (C=O) groups is 1. The van der Waals surface area contributed by atoms with Crippen LogP contribution in [0.1, 0.15) is 21.5 Å². The maximum atomic E-state index is 13.3. The molecule has 0 saturated heterocycles. The van der Waals surface area contributed by atoms with Crippen molar-refractivity contribution in [1.82, 2.24) is 19.9 Å². The van der Waals surface area contributed by atoms with Crippen LogP contribution in [0.25, 0.3) is 5.82 Å². The Kier molecular flexibility index (Phi) is 6.39. The van der Waals surface area contributed by atoms with E-state index in [9.17, 15) is 9.18 Å². The molecule has 0 aliphatic heterocycles. The smallest absolute Gasteiger partial charge is 0.253 e. The Hall–Kier alpha value is -3.42. The van der Waals surface area contributed by atoms with Crippen molar-refractivity contribution in [3.8, 4) is 5.82 Å². The summed E-state index contributed by atoms with van der Waals surface area (Å²) < 4.78 is 15.0. The first-order valence-electron chi connectivity index (χ1n) is 9.66. The maximum absolute atomic E-state index is 13.3. The summed E-state index contributed by atoms with van der Waals surface area (Å²) in [4.78, 5) is 21.3. The molecule has 0 bridgehead atoms. The minimum Gasteiger partial charge on any atom is -0.348 e. The molecule has 2 aromatic carbocycles. The summed E-state index contributed by atoms with van der Waals surface area (Å²) in [6.07, 6.45) is 5.09. The van der Waals surface area contributed by atoms with Crippen LogP contribution < -0.4 is 10.6 Å². The van der Waals surface area contributed by atoms with E-state index >= 15 is 0 Å². The van der Waals surface area contributed by atoms with E-state index in [4.69, 9.17) is 23.2 Å². The van der Waals surface area contributed by atoms with Gasteiger partial charge in [-0.05, 0) is 48.9 Å². The highest BCUT2D eigenvalue weighted by atomic mass is 35.5. The number of nitrogens with zero attached hydrogens (tertiary/aromatic N) is 3. The second-order valence-electron chi connectivity index (χ2n) is 7.07. The first kappa shape index (κ1) is 21.8. The fourth-order valence-electron chi connectivity index (χ4n) is 3.06. The van der Waals surface area contributed by atoms with E-state index in [1.165, 1.54) is 18.2 Å². The van der Waals surface area contributed by atoms with Crippen molar-refractivity contribution in [3.63, 3.8) is 0 Å². The fourth-order valence-corrected chi connectivity index (χ4v) is 3.49. The van der Waals surface area contributed by atoms with Crippen molar-refractivity contribution < 1.29 is 9.18 Å². The Morgan fingerprint density at radius 3 is 2.78 bits per heavy atom. The summed E-state index contributed by atoms with van der Waals surface area (Å²) in [5.41, 5.74) is 2.69. The lowest BCUT2D eigenvalue weighted by Gasteiger charge is -2.11. The van der Waals surface area contributed by atoms with Crippen LogP contribution in [0.2, 0.25) is 10.0 Å². The predicted octanol–water partition coefficient (Wildman–Crippen LogP) is 5.70. The molecule has 6 nitrogen and oxygen atoms in total. The van der Waals surface area contributed by atoms with Crippen LogP contribution in [0.5, 0.6) is 0 Å². The van der Waals surface area contributed by atoms with E-state index in [2.05, 4.69) is 20.6 Å². The summed E-state index contributed by atoms with van der Waals surface area (Å²) in [6.45, 7) is 2.23. The lowest BCUT2D eigenvalue weighted by molar-refractivity contribution is 0.0951. The van der Waals surface area contributed by atoms with Gasteiger partial charge in [0, 0.05) is 35.7 Å². The zero-order valence-electron chi connectivity index (χ0n) is 16.9. The highest BCUT2D eigenvalue weighted by molar-refractivity contribution is 6.33. The van der Waals surface area contributed by atoms with Gasteiger partial charge in [0.1, 0.15) is 11.6 Å². The lowest BCUT2D eigenvalue weighted by atomic mass is 10.2. The number of rotatable bonds is 6. The van der Waals surface area contributed by atoms with E-state index in [1.54, 1.807) is 41.4 Å². The summed E-state index contributed by atoms with van der Waals surface area (Å²) in [6, 6.07) is 13.0. The van der Waals surface area contributed by atoms with Gasteiger partial charge in [-0.1, -0.05) is 35.3 Å². The van der Waals surface area contributed by atoms with E-state index in [0.717, 1.165) is 11.1 Å². The minimum absolute atomic E-state index is 0.216. The van der Waals surface area contributed by atoms with Gasteiger partial charge in [0.2, 0.25) is 5.95 Å². The van der Waals surface area contributed by atoms with Crippen molar-refractivity contribution in [3.05, 3.63) is 99.7 Å². The standard InChI is InChI=1S/C23H18Cl2FN5O/c1-14-11-28-23(29-20-6-5-18(26)10-19(20)25)30-21(14)31-8-7-16(13-31)22(32)27-12-15-3-2-4-17(24)9-15/h2-11,13H,12H2,1H3,(H,27,32)(H,28,29,30). The largest absolute Gasteiger partial charge is 0.348 e. The fraction of sp³-hybridized carbons (Fsp3) is 0.0870. The number of halogens is 3. The number of hydrogen-bond acceptors (Lipinski definition) is 4. The molecule has 0 radical (unpaired) electrons. The summed E-state index contributed by atoms with van der Waals surface area (Å²) in [5.74, 6) is 0.237. The molecule has 9 heteroatoms. The highest BCUT2D eigenvalue weighted by Gasteiger charge is 2.12. The molecule has 0 aliphatic rings. The van der Waals surface area contributed by atoms with Crippen LogP contribution >= 0.6 is 23.2 Å². The van der Waals surface area contributed by atoms with E-state index in [1.807, 2.05) is 19.1 Å². The number of amides is 1. The zero-order valence-corrected chi connectivity index (χ0v) is 18.5. The summed E-state index contributed by atoms with van der Waals surface area (Å²) >= 11 is 12.1. The number of anilines is 2. The first-order valence-corrected chi connectivity index (χ1v) is 10.4. The van der Waals surface area contributed by atoms with Crippen LogP contribution in [0, 0.1) is 12.7 Å². The monoisotopic (exact) mass is 469 g/mol. The molecule has 1 amide bonds. The van der Waals surface area contributed by atoms with Gasteiger partial charge in [0.15, 0.2) is 0 Å². The Morgan fingerprint density at radius 2 is 2.00 bits per heavy atom. The van der Waals surface area contributed by atoms with Gasteiger partial charge in [0.05, 0.1) is 16.3 Å². The molecule has 0 atom stereocenters. The molecule has 162 valence electrons. The Labute approximate surface area is 194 Å². The molecule has 32 heavy (non-hydrogen) atoms. The third-order valence-corrected chi connectivity index (χ3v) is 5.21. The van der Waals surface area contributed by atoms with E-state index in [-0.39, 0.29) is 10.9 Å². The van der Waals surface area contributed by atoms with Gasteiger partial charge in [-0.2, -0.15) is 4.98 Å². The molecule has 2 heterocycles. The second-order valence-corrected chi connectivity index (χ2v) is 7.91. The van der Waals surface area contributed by atoms with Gasteiger partial charge in [-0.15, -0.1) is 0 Å². The molecule has 0 spiro atoms. The zero-order chi connectivity index (χ0) is 22.7. The first-order chi connectivity index (χ1) is 15.4. The Balaban J connectivity index is 1.50. The van der Waals surface area contributed by atoms with Crippen LogP contribution in [-0.4, -0.2) is 20.4 Å². The molecular formula is C23H18Cl2FN5O. The molecule has 0 saturated carbocycles. The SMILES string of the molecule is Cc1cnc(Nc2ccc(F)cc2Cl)nc1-n1ccc(C(=O)NCc2cccc(Cl)c2)c1. The molecule has 0 unspecified atom stereocenters. The topological polar surface area (TPSA) is 71.8 Å². The van der Waals surface area contributed by atoms with Crippen molar-refractivity contribution >= 4 is 40.7 Å². The van der Waals surface area contributed by atoms with Crippen molar-refractivity contribution in [2.75, 3.05) is 5.32 Å². The van der Waals surface area contributed by atoms with Gasteiger partial charge in [-0.3, -0.25) is 4.79 Å². The van der Waals surface area contributed by atoms with Crippen LogP contribution in [0.4, 0.5) is 16.0 Å². The Morgan fingerprint density at radius 1 is 1.16 bits per heavy atom. The van der Waals surface area contributed by atoms with E-state index < -0.39 is 5.82 Å². The molecular weight excluding hydrogens is 452 g/mol.